The number of aliphatic hydroxyl groups excluding tert-OH is 1. The van der Waals surface area contributed by atoms with Gasteiger partial charge in [-0.3, -0.25) is 14.4 Å². The van der Waals surface area contributed by atoms with Gasteiger partial charge < -0.3 is 19.7 Å². The number of esters is 1. The van der Waals surface area contributed by atoms with E-state index in [1.165, 1.54) is 0 Å². The molecule has 0 aromatic carbocycles. The average molecular weight is 430 g/mol. The first-order valence-corrected chi connectivity index (χ1v) is 11.2. The fourth-order valence-electron chi connectivity index (χ4n) is 6.87. The normalized spacial score (nSPS) is 40.9. The van der Waals surface area contributed by atoms with Crippen molar-refractivity contribution in [3.05, 3.63) is 23.8 Å². The molecule has 3 saturated carbocycles. The van der Waals surface area contributed by atoms with Gasteiger partial charge in [0.1, 0.15) is 12.9 Å². The standard InChI is InChI=1S/C24H30O7/c1-23-9-8-15(26)11-14(23)4-5-16-17-6-7-18(24(17,30)12-19(27)22(16)23)20(28)13-31-21(29)3-2-10-25/h8-11,16-19,22,27,30H,2-7,12-13H2,1H3/t16?,17-,18?,19?,22?,23?,24?/m0/s1. The Labute approximate surface area is 181 Å². The van der Waals surface area contributed by atoms with Crippen molar-refractivity contribution >= 4 is 23.8 Å². The average Bonchev–Trinajstić information content (AvgIpc) is 3.07. The number of aldehydes is 1. The van der Waals surface area contributed by atoms with Crippen molar-refractivity contribution in [2.45, 2.75) is 63.6 Å². The minimum Gasteiger partial charge on any atom is -0.458 e. The number of hydrogen-bond acceptors (Lipinski definition) is 7. The molecule has 0 bridgehead atoms. The van der Waals surface area contributed by atoms with Crippen LogP contribution >= 0.6 is 0 Å². The van der Waals surface area contributed by atoms with Crippen LogP contribution in [0.4, 0.5) is 0 Å². The minimum absolute atomic E-state index is 0.0260. The van der Waals surface area contributed by atoms with Crippen molar-refractivity contribution in [3.8, 4) is 0 Å². The molecule has 4 aliphatic carbocycles. The summed E-state index contributed by atoms with van der Waals surface area (Å²) in [5.74, 6) is -1.84. The molecule has 7 atom stereocenters. The van der Waals surface area contributed by atoms with Gasteiger partial charge in [-0.15, -0.1) is 0 Å². The van der Waals surface area contributed by atoms with Crippen molar-refractivity contribution in [2.24, 2.45) is 29.1 Å². The highest BCUT2D eigenvalue weighted by molar-refractivity contribution is 6.01. The lowest BCUT2D eigenvalue weighted by Gasteiger charge is -2.57. The highest BCUT2D eigenvalue weighted by atomic mass is 16.5. The van der Waals surface area contributed by atoms with Crippen LogP contribution < -0.4 is 0 Å². The molecule has 2 N–H and O–H groups in total. The van der Waals surface area contributed by atoms with Crippen LogP contribution in [0.2, 0.25) is 0 Å². The molecule has 3 fully saturated rings. The molecule has 7 nitrogen and oxygen atoms in total. The molecular weight excluding hydrogens is 400 g/mol. The largest absolute Gasteiger partial charge is 0.458 e. The van der Waals surface area contributed by atoms with Crippen molar-refractivity contribution in [2.75, 3.05) is 6.61 Å². The van der Waals surface area contributed by atoms with Gasteiger partial charge in [0.25, 0.3) is 0 Å². The second-order valence-corrected chi connectivity index (χ2v) is 9.75. The van der Waals surface area contributed by atoms with Gasteiger partial charge in [0.2, 0.25) is 0 Å². The van der Waals surface area contributed by atoms with Crippen molar-refractivity contribution in [3.63, 3.8) is 0 Å². The number of aliphatic hydroxyl groups is 2. The SMILES string of the molecule is CC12C=CC(=O)C=C1CCC1C2C(O)CC2(O)C(C(=O)COC(=O)CCC=O)CC[C@@H]12. The molecule has 31 heavy (non-hydrogen) atoms. The number of rotatable bonds is 6. The van der Waals surface area contributed by atoms with Crippen LogP contribution in [0.15, 0.2) is 23.8 Å². The van der Waals surface area contributed by atoms with Gasteiger partial charge in [0, 0.05) is 24.2 Å². The predicted octanol–water partition coefficient (Wildman–Crippen LogP) is 1.70. The summed E-state index contributed by atoms with van der Waals surface area (Å²) in [5, 5.41) is 22.8. The Hall–Kier alpha value is -2.12. The van der Waals surface area contributed by atoms with E-state index in [2.05, 4.69) is 6.92 Å². The zero-order chi connectivity index (χ0) is 22.4. The third-order valence-electron chi connectivity index (χ3n) is 8.21. The first-order chi connectivity index (χ1) is 14.7. The summed E-state index contributed by atoms with van der Waals surface area (Å²) in [6.45, 7) is 1.64. The lowest BCUT2D eigenvalue weighted by Crippen LogP contribution is -2.60. The Morgan fingerprint density at radius 3 is 2.81 bits per heavy atom. The number of ketones is 2. The van der Waals surface area contributed by atoms with Crippen LogP contribution in [0.1, 0.15) is 51.9 Å². The summed E-state index contributed by atoms with van der Waals surface area (Å²) in [6, 6.07) is 0. The van der Waals surface area contributed by atoms with Crippen molar-refractivity contribution < 1.29 is 34.1 Å². The topological polar surface area (TPSA) is 118 Å². The van der Waals surface area contributed by atoms with E-state index in [1.807, 2.05) is 6.08 Å². The Kier molecular flexibility index (Phi) is 5.77. The van der Waals surface area contributed by atoms with E-state index in [4.69, 9.17) is 4.74 Å². The number of Topliss-reactive ketones (excluding diaryl/α,β-unsaturated/α-hetero) is 1. The van der Waals surface area contributed by atoms with E-state index < -0.39 is 35.6 Å². The number of carbonyl (C=O) groups excluding carboxylic acids is 4. The molecule has 4 aliphatic rings. The van der Waals surface area contributed by atoms with Crippen LogP contribution in [0.5, 0.6) is 0 Å². The molecule has 0 radical (unpaired) electrons. The molecule has 0 spiro atoms. The second-order valence-electron chi connectivity index (χ2n) is 9.75. The Morgan fingerprint density at radius 1 is 1.29 bits per heavy atom. The first kappa shape index (κ1) is 22.1. The molecule has 0 aromatic rings. The summed E-state index contributed by atoms with van der Waals surface area (Å²) in [7, 11) is 0. The van der Waals surface area contributed by atoms with Gasteiger partial charge in [-0.25, -0.2) is 0 Å². The maximum atomic E-state index is 12.8. The zero-order valence-electron chi connectivity index (χ0n) is 17.8. The van der Waals surface area contributed by atoms with Gasteiger partial charge in [0.05, 0.1) is 24.0 Å². The van der Waals surface area contributed by atoms with Crippen LogP contribution in [-0.2, 0) is 23.9 Å². The van der Waals surface area contributed by atoms with E-state index in [0.29, 0.717) is 19.1 Å². The monoisotopic (exact) mass is 430 g/mol. The van der Waals surface area contributed by atoms with Crippen molar-refractivity contribution in [1.29, 1.82) is 0 Å². The van der Waals surface area contributed by atoms with E-state index in [1.54, 1.807) is 12.2 Å². The highest BCUT2D eigenvalue weighted by Gasteiger charge is 2.64. The van der Waals surface area contributed by atoms with Crippen LogP contribution in [0.25, 0.3) is 0 Å². The summed E-state index contributed by atoms with van der Waals surface area (Å²) in [6.07, 6.45) is 7.73. The summed E-state index contributed by atoms with van der Waals surface area (Å²) >= 11 is 0. The second kappa shape index (κ2) is 8.10. The maximum Gasteiger partial charge on any atom is 0.306 e. The summed E-state index contributed by atoms with van der Waals surface area (Å²) < 4.78 is 5.00. The molecular formula is C24H30O7. The first-order valence-electron chi connectivity index (χ1n) is 11.2. The number of ether oxygens (including phenoxy) is 1. The van der Waals surface area contributed by atoms with E-state index in [-0.39, 0.29) is 48.6 Å². The zero-order valence-corrected chi connectivity index (χ0v) is 17.8. The van der Waals surface area contributed by atoms with E-state index >= 15 is 0 Å². The molecule has 0 aliphatic heterocycles. The third kappa shape index (κ3) is 3.61. The number of hydrogen-bond donors (Lipinski definition) is 2. The van der Waals surface area contributed by atoms with E-state index in [9.17, 15) is 29.4 Å². The molecule has 6 unspecified atom stereocenters. The number of fused-ring (bicyclic) bond motifs is 5. The molecule has 0 aromatic heterocycles. The number of allylic oxidation sites excluding steroid dienone is 4. The lowest BCUT2D eigenvalue weighted by molar-refractivity contribution is -0.175. The maximum absolute atomic E-state index is 12.8. The quantitative estimate of drug-likeness (QED) is 0.486. The lowest BCUT2D eigenvalue weighted by atomic mass is 9.49. The molecule has 168 valence electrons. The summed E-state index contributed by atoms with van der Waals surface area (Å²) in [5.41, 5.74) is -0.703. The van der Waals surface area contributed by atoms with Crippen molar-refractivity contribution in [1.82, 2.24) is 0 Å². The van der Waals surface area contributed by atoms with Gasteiger partial charge >= 0.3 is 5.97 Å². The fraction of sp³-hybridized carbons (Fsp3) is 0.667. The molecule has 4 rings (SSSR count). The van der Waals surface area contributed by atoms with Crippen LogP contribution in [-0.4, -0.2) is 52.3 Å². The van der Waals surface area contributed by atoms with Crippen LogP contribution in [0.3, 0.4) is 0 Å². The number of carbonyl (C=O) groups is 4. The smallest absolute Gasteiger partial charge is 0.306 e. The minimum atomic E-state index is -1.32. The van der Waals surface area contributed by atoms with Gasteiger partial charge in [-0.05, 0) is 49.7 Å². The predicted molar refractivity (Wildman–Crippen MR) is 110 cm³/mol. The molecule has 0 saturated heterocycles. The van der Waals surface area contributed by atoms with E-state index in [0.717, 1.165) is 18.4 Å². The molecule has 0 heterocycles. The molecule has 0 amide bonds. The summed E-state index contributed by atoms with van der Waals surface area (Å²) in [4.78, 5) is 46.7. The van der Waals surface area contributed by atoms with Crippen LogP contribution in [0, 0.1) is 29.1 Å². The van der Waals surface area contributed by atoms with Gasteiger partial charge in [-0.2, -0.15) is 0 Å². The third-order valence-corrected chi connectivity index (χ3v) is 8.21. The van der Waals surface area contributed by atoms with Gasteiger partial charge in [0.15, 0.2) is 11.6 Å². The Balaban J connectivity index is 1.51. The van der Waals surface area contributed by atoms with Gasteiger partial charge in [-0.1, -0.05) is 18.6 Å². The Bertz CT molecular complexity index is 858. The fourth-order valence-corrected chi connectivity index (χ4v) is 6.87. The molecule has 7 heteroatoms. The Morgan fingerprint density at radius 2 is 2.06 bits per heavy atom. The highest BCUT2D eigenvalue weighted by Crippen LogP contribution is 2.62.